The van der Waals surface area contributed by atoms with Crippen LogP contribution in [-0.2, 0) is 11.3 Å². The highest BCUT2D eigenvalue weighted by Gasteiger charge is 2.32. The van der Waals surface area contributed by atoms with Gasteiger partial charge in [0, 0.05) is 31.5 Å². The number of ether oxygens (including phenoxy) is 1. The van der Waals surface area contributed by atoms with E-state index in [9.17, 15) is 0 Å². The van der Waals surface area contributed by atoms with E-state index >= 15 is 0 Å². The molecule has 1 fully saturated rings. The maximum Gasteiger partial charge on any atom is 0.116 e. The van der Waals surface area contributed by atoms with Crippen LogP contribution in [0.5, 0.6) is 0 Å². The second-order valence-electron chi connectivity index (χ2n) is 6.79. The summed E-state index contributed by atoms with van der Waals surface area (Å²) in [4.78, 5) is 4.67. The molecule has 0 N–H and O–H groups in total. The summed E-state index contributed by atoms with van der Waals surface area (Å²) in [7, 11) is 0. The van der Waals surface area contributed by atoms with Crippen molar-refractivity contribution < 1.29 is 4.74 Å². The van der Waals surface area contributed by atoms with Crippen LogP contribution in [0, 0.1) is 13.8 Å². The number of aromatic nitrogens is 4. The van der Waals surface area contributed by atoms with Crippen LogP contribution in [0.1, 0.15) is 56.7 Å². The summed E-state index contributed by atoms with van der Waals surface area (Å²) in [6.45, 7) is 12.4. The summed E-state index contributed by atoms with van der Waals surface area (Å²) in [6.07, 6.45) is 6.00. The van der Waals surface area contributed by atoms with E-state index < -0.39 is 0 Å². The molecule has 3 heterocycles. The Balaban J connectivity index is 2.01. The fourth-order valence-electron chi connectivity index (χ4n) is 3.60. The van der Waals surface area contributed by atoms with Gasteiger partial charge >= 0.3 is 0 Å². The van der Waals surface area contributed by atoms with E-state index in [-0.39, 0.29) is 5.60 Å². The van der Waals surface area contributed by atoms with Crippen LogP contribution in [-0.4, -0.2) is 31.5 Å². The molecule has 2 aromatic rings. The molecule has 1 aliphatic rings. The van der Waals surface area contributed by atoms with Crippen LogP contribution >= 0.6 is 0 Å². The summed E-state index contributed by atoms with van der Waals surface area (Å²) >= 11 is 0. The first-order valence-corrected chi connectivity index (χ1v) is 8.14. The Morgan fingerprint density at radius 2 is 2.14 bits per heavy atom. The van der Waals surface area contributed by atoms with E-state index in [0.717, 1.165) is 37.5 Å². The first-order valence-electron chi connectivity index (χ1n) is 8.14. The Kier molecular flexibility index (Phi) is 3.85. The van der Waals surface area contributed by atoms with Gasteiger partial charge in [-0.2, -0.15) is 5.10 Å². The third-order valence-electron chi connectivity index (χ3n) is 4.62. The van der Waals surface area contributed by atoms with Gasteiger partial charge in [0.25, 0.3) is 0 Å². The van der Waals surface area contributed by atoms with Gasteiger partial charge in [-0.15, -0.1) is 0 Å². The van der Waals surface area contributed by atoms with E-state index in [1.54, 1.807) is 0 Å². The third-order valence-corrected chi connectivity index (χ3v) is 4.62. The molecular formula is C17H26N4O. The van der Waals surface area contributed by atoms with Crippen LogP contribution in [0.3, 0.4) is 0 Å². The van der Waals surface area contributed by atoms with Crippen molar-refractivity contribution in [1.29, 1.82) is 0 Å². The molecule has 0 aromatic carbocycles. The van der Waals surface area contributed by atoms with E-state index in [1.165, 1.54) is 11.4 Å². The molecule has 0 radical (unpaired) electrons. The Morgan fingerprint density at radius 3 is 2.77 bits per heavy atom. The second kappa shape index (κ2) is 5.54. The zero-order valence-corrected chi connectivity index (χ0v) is 14.3. The lowest BCUT2D eigenvalue weighted by Gasteiger charge is -2.35. The van der Waals surface area contributed by atoms with Crippen molar-refractivity contribution in [2.24, 2.45) is 0 Å². The lowest BCUT2D eigenvalue weighted by molar-refractivity contribution is -0.0604. The highest BCUT2D eigenvalue weighted by molar-refractivity contribution is 5.42. The third kappa shape index (κ3) is 2.58. The molecule has 2 aromatic heterocycles. The van der Waals surface area contributed by atoms with Gasteiger partial charge in [0.2, 0.25) is 0 Å². The zero-order chi connectivity index (χ0) is 15.9. The van der Waals surface area contributed by atoms with E-state index in [0.29, 0.717) is 5.92 Å². The lowest BCUT2D eigenvalue weighted by atomic mass is 9.87. The van der Waals surface area contributed by atoms with Crippen LogP contribution in [0.25, 0.3) is 5.69 Å². The van der Waals surface area contributed by atoms with Crippen molar-refractivity contribution in [3.63, 3.8) is 0 Å². The molecule has 120 valence electrons. The highest BCUT2D eigenvalue weighted by Crippen LogP contribution is 2.36. The van der Waals surface area contributed by atoms with Crippen molar-refractivity contribution in [1.82, 2.24) is 19.3 Å². The van der Waals surface area contributed by atoms with Gasteiger partial charge in [0.05, 0.1) is 22.7 Å². The molecule has 1 unspecified atom stereocenters. The van der Waals surface area contributed by atoms with E-state index in [1.807, 2.05) is 6.20 Å². The standard InChI is InChI=1S/C17H26N4O/c1-6-21-13(3)15(12(2)19-21)20-9-8-18-16(20)14-7-10-22-17(4,5)11-14/h8-9,14H,6-7,10-11H2,1-5H3. The topological polar surface area (TPSA) is 44.9 Å². The lowest BCUT2D eigenvalue weighted by Crippen LogP contribution is -2.33. The maximum absolute atomic E-state index is 5.85. The van der Waals surface area contributed by atoms with Gasteiger partial charge in [-0.1, -0.05) is 0 Å². The Morgan fingerprint density at radius 1 is 1.36 bits per heavy atom. The molecule has 5 nitrogen and oxygen atoms in total. The molecule has 0 saturated carbocycles. The van der Waals surface area contributed by atoms with Crippen LogP contribution in [0.4, 0.5) is 0 Å². The first kappa shape index (κ1) is 15.3. The SMILES string of the molecule is CCn1nc(C)c(-n2ccnc2C2CCOC(C)(C)C2)c1C. The smallest absolute Gasteiger partial charge is 0.116 e. The average Bonchev–Trinajstić information content (AvgIpc) is 3.02. The average molecular weight is 302 g/mol. The summed E-state index contributed by atoms with van der Waals surface area (Å²) in [5.74, 6) is 1.57. The molecule has 0 bridgehead atoms. The van der Waals surface area contributed by atoms with Crippen LogP contribution in [0.2, 0.25) is 0 Å². The second-order valence-corrected chi connectivity index (χ2v) is 6.79. The summed E-state index contributed by atoms with van der Waals surface area (Å²) < 4.78 is 10.1. The van der Waals surface area contributed by atoms with Gasteiger partial charge < -0.3 is 4.74 Å². The fourth-order valence-corrected chi connectivity index (χ4v) is 3.60. The van der Waals surface area contributed by atoms with Gasteiger partial charge in [-0.05, 0) is 47.5 Å². The summed E-state index contributed by atoms with van der Waals surface area (Å²) in [6, 6.07) is 0. The monoisotopic (exact) mass is 302 g/mol. The van der Waals surface area contributed by atoms with Gasteiger partial charge in [-0.25, -0.2) is 4.98 Å². The Bertz CT molecular complexity index is 668. The molecule has 1 saturated heterocycles. The van der Waals surface area contributed by atoms with Crippen molar-refractivity contribution >= 4 is 0 Å². The molecule has 0 aliphatic carbocycles. The van der Waals surface area contributed by atoms with Crippen LogP contribution in [0.15, 0.2) is 12.4 Å². The normalized spacial score (nSPS) is 21.2. The van der Waals surface area contributed by atoms with E-state index in [2.05, 4.69) is 60.1 Å². The Hall–Kier alpha value is -1.62. The van der Waals surface area contributed by atoms with Gasteiger partial charge in [0.1, 0.15) is 5.82 Å². The zero-order valence-electron chi connectivity index (χ0n) is 14.3. The molecule has 22 heavy (non-hydrogen) atoms. The number of aryl methyl sites for hydroxylation is 2. The predicted octanol–water partition coefficient (Wildman–Crippen LogP) is 3.38. The molecule has 5 heteroatoms. The largest absolute Gasteiger partial charge is 0.376 e. The molecule has 1 atom stereocenters. The minimum Gasteiger partial charge on any atom is -0.376 e. The Labute approximate surface area is 132 Å². The number of rotatable bonds is 3. The van der Waals surface area contributed by atoms with Crippen molar-refractivity contribution in [2.75, 3.05) is 6.61 Å². The first-order chi connectivity index (χ1) is 10.4. The van der Waals surface area contributed by atoms with Crippen molar-refractivity contribution in [3.05, 3.63) is 29.6 Å². The summed E-state index contributed by atoms with van der Waals surface area (Å²) in [5, 5.41) is 4.64. The summed E-state index contributed by atoms with van der Waals surface area (Å²) in [5.41, 5.74) is 3.37. The number of imidazole rings is 1. The minimum absolute atomic E-state index is 0.0720. The van der Waals surface area contributed by atoms with Gasteiger partial charge in [0.15, 0.2) is 0 Å². The van der Waals surface area contributed by atoms with Crippen molar-refractivity contribution in [3.8, 4) is 5.69 Å². The quantitative estimate of drug-likeness (QED) is 0.873. The number of nitrogens with zero attached hydrogens (tertiary/aromatic N) is 4. The van der Waals surface area contributed by atoms with Gasteiger partial charge in [-0.3, -0.25) is 9.25 Å². The predicted molar refractivity (Wildman–Crippen MR) is 86.5 cm³/mol. The van der Waals surface area contributed by atoms with Crippen molar-refractivity contribution in [2.45, 2.75) is 65.5 Å². The highest BCUT2D eigenvalue weighted by atomic mass is 16.5. The minimum atomic E-state index is -0.0720. The molecule has 3 rings (SSSR count). The fraction of sp³-hybridized carbons (Fsp3) is 0.647. The van der Waals surface area contributed by atoms with Crippen LogP contribution < -0.4 is 0 Å². The molecule has 0 amide bonds. The maximum atomic E-state index is 5.85. The number of hydrogen-bond donors (Lipinski definition) is 0. The number of hydrogen-bond acceptors (Lipinski definition) is 3. The molecule has 1 aliphatic heterocycles. The molecule has 0 spiro atoms. The molecular weight excluding hydrogens is 276 g/mol. The van der Waals surface area contributed by atoms with E-state index in [4.69, 9.17) is 4.74 Å².